The van der Waals surface area contributed by atoms with Crippen LogP contribution in [-0.4, -0.2) is 29.7 Å². The summed E-state index contributed by atoms with van der Waals surface area (Å²) in [4.78, 5) is 36.6. The normalized spacial score (nSPS) is 12.9. The average molecular weight is 498 g/mol. The van der Waals surface area contributed by atoms with Gasteiger partial charge in [-0.05, 0) is 42.3 Å². The van der Waals surface area contributed by atoms with Crippen LogP contribution in [0.5, 0.6) is 11.5 Å². The fourth-order valence-corrected chi connectivity index (χ4v) is 3.45. The molecule has 2 N–H and O–H groups in total. The highest BCUT2D eigenvalue weighted by Crippen LogP contribution is 2.37. The van der Waals surface area contributed by atoms with Crippen LogP contribution >= 0.6 is 0 Å². The molecule has 1 heterocycles. The number of nitro benzene ring substituents is 1. The Labute approximate surface area is 212 Å². The fourth-order valence-electron chi connectivity index (χ4n) is 3.45. The third-order valence-electron chi connectivity index (χ3n) is 5.18. The highest BCUT2D eigenvalue weighted by Gasteiger charge is 2.22. The number of nitro groups is 1. The van der Waals surface area contributed by atoms with Crippen molar-refractivity contribution in [2.45, 2.75) is 6.92 Å². The molecule has 4 rings (SSSR count). The molecule has 0 saturated heterocycles. The van der Waals surface area contributed by atoms with Gasteiger partial charge >= 0.3 is 0 Å². The summed E-state index contributed by atoms with van der Waals surface area (Å²) < 4.78 is 10.4. The van der Waals surface area contributed by atoms with E-state index in [1.807, 2.05) is 36.4 Å². The van der Waals surface area contributed by atoms with Crippen molar-refractivity contribution in [3.8, 4) is 11.5 Å². The van der Waals surface area contributed by atoms with Crippen LogP contribution in [-0.2, 0) is 4.79 Å². The summed E-state index contributed by atoms with van der Waals surface area (Å²) in [5.41, 5.74) is 4.07. The van der Waals surface area contributed by atoms with Gasteiger partial charge < -0.3 is 14.8 Å². The number of amides is 2. The zero-order valence-electron chi connectivity index (χ0n) is 19.7. The van der Waals surface area contributed by atoms with Crippen molar-refractivity contribution in [1.29, 1.82) is 0 Å². The quantitative estimate of drug-likeness (QED) is 0.157. The second kappa shape index (κ2) is 11.5. The molecule has 10 heteroatoms. The summed E-state index contributed by atoms with van der Waals surface area (Å²) >= 11 is 0. The average Bonchev–Trinajstić information content (AvgIpc) is 3.36. The Hall–Kier alpha value is -5.25. The molecule has 1 aliphatic rings. The van der Waals surface area contributed by atoms with E-state index >= 15 is 0 Å². The van der Waals surface area contributed by atoms with Crippen LogP contribution in [0.25, 0.3) is 6.08 Å². The first-order valence-corrected chi connectivity index (χ1v) is 11.1. The molecule has 3 aromatic carbocycles. The fraction of sp³-hybridized carbons (Fsp3) is 0.0741. The van der Waals surface area contributed by atoms with Gasteiger partial charge in [-0.25, -0.2) is 5.43 Å². The Kier molecular flexibility index (Phi) is 7.69. The highest BCUT2D eigenvalue weighted by atomic mass is 16.7. The zero-order valence-corrected chi connectivity index (χ0v) is 19.7. The molecule has 0 atom stereocenters. The lowest BCUT2D eigenvalue weighted by molar-refractivity contribution is -0.385. The molecule has 10 nitrogen and oxygen atoms in total. The van der Waals surface area contributed by atoms with Gasteiger partial charge in [0.15, 0.2) is 11.5 Å². The summed E-state index contributed by atoms with van der Waals surface area (Å²) in [5, 5.41) is 17.9. The van der Waals surface area contributed by atoms with E-state index in [9.17, 15) is 19.7 Å². The van der Waals surface area contributed by atoms with E-state index in [0.29, 0.717) is 16.9 Å². The maximum absolute atomic E-state index is 13.0. The molecule has 0 unspecified atom stereocenters. The molecule has 186 valence electrons. The van der Waals surface area contributed by atoms with Crippen LogP contribution in [0.1, 0.15) is 28.4 Å². The van der Waals surface area contributed by atoms with Crippen molar-refractivity contribution in [2.24, 2.45) is 5.10 Å². The first-order chi connectivity index (χ1) is 17.9. The highest BCUT2D eigenvalue weighted by molar-refractivity contribution is 6.03. The zero-order chi connectivity index (χ0) is 26.2. The molecule has 0 aliphatic carbocycles. The Balaban J connectivity index is 1.57. The van der Waals surface area contributed by atoms with Gasteiger partial charge in [-0.2, -0.15) is 5.10 Å². The number of carbonyl (C=O) groups excluding carboxylic acids is 2. The molecule has 0 spiro atoms. The van der Waals surface area contributed by atoms with Crippen LogP contribution in [0.15, 0.2) is 95.2 Å². The largest absolute Gasteiger partial charge is 0.454 e. The summed E-state index contributed by atoms with van der Waals surface area (Å²) in [6.45, 7) is 1.74. The number of nitrogens with one attached hydrogen (secondary N) is 2. The van der Waals surface area contributed by atoms with E-state index in [2.05, 4.69) is 15.8 Å². The summed E-state index contributed by atoms with van der Waals surface area (Å²) in [6.07, 6.45) is 4.49. The molecule has 0 saturated carbocycles. The summed E-state index contributed by atoms with van der Waals surface area (Å²) in [5.74, 6) is -0.618. The molecule has 2 amide bonds. The van der Waals surface area contributed by atoms with Crippen LogP contribution in [0.3, 0.4) is 0 Å². The minimum Gasteiger partial charge on any atom is -0.454 e. The van der Waals surface area contributed by atoms with E-state index in [1.165, 1.54) is 18.2 Å². The van der Waals surface area contributed by atoms with Crippen molar-refractivity contribution < 1.29 is 24.0 Å². The number of nitrogens with zero attached hydrogens (tertiary/aromatic N) is 2. The lowest BCUT2D eigenvalue weighted by atomic mass is 10.1. The van der Waals surface area contributed by atoms with E-state index in [1.54, 1.807) is 37.3 Å². The smallest absolute Gasteiger partial charge is 0.287 e. The first-order valence-electron chi connectivity index (χ1n) is 11.1. The second-order valence-electron chi connectivity index (χ2n) is 7.90. The Morgan fingerprint density at radius 2 is 1.65 bits per heavy atom. The van der Waals surface area contributed by atoms with E-state index in [-0.39, 0.29) is 29.5 Å². The number of benzene rings is 3. The molecule has 0 radical (unpaired) electrons. The third-order valence-corrected chi connectivity index (χ3v) is 5.18. The molecule has 0 fully saturated rings. The predicted octanol–water partition coefficient (Wildman–Crippen LogP) is 4.19. The lowest BCUT2D eigenvalue weighted by Gasteiger charge is -2.09. The lowest BCUT2D eigenvalue weighted by Crippen LogP contribution is -2.33. The van der Waals surface area contributed by atoms with Crippen LogP contribution in [0.4, 0.5) is 5.69 Å². The van der Waals surface area contributed by atoms with Crippen molar-refractivity contribution >= 4 is 29.8 Å². The molecular weight excluding hydrogens is 476 g/mol. The first kappa shape index (κ1) is 24.9. The van der Waals surface area contributed by atoms with Crippen molar-refractivity contribution in [2.75, 3.05) is 6.79 Å². The molecule has 0 bridgehead atoms. The number of ether oxygens (including phenoxy) is 2. The second-order valence-corrected chi connectivity index (χ2v) is 7.90. The molecule has 37 heavy (non-hydrogen) atoms. The standard InChI is InChI=1S/C27H22N4O6/c1-18(12-19-8-4-2-5-9-19)13-22(29-26(32)20-10-6-3-7-11-20)27(33)30-28-16-21-14-24-25(37-17-36-24)15-23(21)31(34)35/h2-16H,17H2,1H3,(H,29,32)(H,30,33)/b18-12+,22-13-,28-16+. The van der Waals surface area contributed by atoms with E-state index in [4.69, 9.17) is 9.47 Å². The van der Waals surface area contributed by atoms with Gasteiger partial charge in [0.1, 0.15) is 5.70 Å². The van der Waals surface area contributed by atoms with Crippen LogP contribution in [0.2, 0.25) is 0 Å². The van der Waals surface area contributed by atoms with Crippen molar-refractivity contribution in [3.05, 3.63) is 117 Å². The maximum Gasteiger partial charge on any atom is 0.287 e. The van der Waals surface area contributed by atoms with Gasteiger partial charge in [0.25, 0.3) is 17.5 Å². The Morgan fingerprint density at radius 3 is 2.32 bits per heavy atom. The monoisotopic (exact) mass is 498 g/mol. The van der Waals surface area contributed by atoms with Crippen LogP contribution in [0, 0.1) is 10.1 Å². The Bertz CT molecular complexity index is 1420. The Morgan fingerprint density at radius 1 is 1.00 bits per heavy atom. The number of carbonyl (C=O) groups is 2. The SMILES string of the molecule is CC(/C=C(\NC(=O)c1ccccc1)C(=O)N/N=C/c1cc2c(cc1[N+](=O)[O-])OCO2)=C\c1ccccc1. The summed E-state index contributed by atoms with van der Waals surface area (Å²) in [6, 6.07) is 20.5. The minimum atomic E-state index is -0.718. The van der Waals surface area contributed by atoms with Gasteiger partial charge in [-0.1, -0.05) is 54.6 Å². The maximum atomic E-state index is 13.0. The number of hydrazone groups is 1. The number of rotatable bonds is 8. The van der Waals surface area contributed by atoms with E-state index in [0.717, 1.165) is 11.8 Å². The number of fused-ring (bicyclic) bond motifs is 1. The van der Waals surface area contributed by atoms with Gasteiger partial charge in [0.2, 0.25) is 6.79 Å². The molecule has 0 aromatic heterocycles. The van der Waals surface area contributed by atoms with Gasteiger partial charge in [0, 0.05) is 5.56 Å². The number of hydrogen-bond acceptors (Lipinski definition) is 7. The number of allylic oxidation sites excluding steroid dienone is 2. The van der Waals surface area contributed by atoms with Gasteiger partial charge in [-0.3, -0.25) is 19.7 Å². The summed E-state index contributed by atoms with van der Waals surface area (Å²) in [7, 11) is 0. The molecule has 1 aliphatic heterocycles. The molecule has 3 aromatic rings. The van der Waals surface area contributed by atoms with E-state index < -0.39 is 16.7 Å². The van der Waals surface area contributed by atoms with Gasteiger partial charge in [-0.15, -0.1) is 0 Å². The number of hydrogen-bond donors (Lipinski definition) is 2. The van der Waals surface area contributed by atoms with Crippen molar-refractivity contribution in [1.82, 2.24) is 10.7 Å². The molecular formula is C27H22N4O6. The van der Waals surface area contributed by atoms with Crippen LogP contribution < -0.4 is 20.2 Å². The minimum absolute atomic E-state index is 0.0467. The third kappa shape index (κ3) is 6.45. The van der Waals surface area contributed by atoms with Gasteiger partial charge in [0.05, 0.1) is 22.8 Å². The topological polar surface area (TPSA) is 132 Å². The van der Waals surface area contributed by atoms with Crippen molar-refractivity contribution in [3.63, 3.8) is 0 Å². The predicted molar refractivity (Wildman–Crippen MR) is 137 cm³/mol.